The molecule has 2 saturated heterocycles. The molecule has 2 aliphatic rings. The third-order valence-electron chi connectivity index (χ3n) is 5.45. The molecular weight excluding hydrogens is 370 g/mol. The highest BCUT2D eigenvalue weighted by atomic mass is 16.5. The molecule has 2 fully saturated rings. The fourth-order valence-corrected chi connectivity index (χ4v) is 3.75. The number of hydrogen-bond donors (Lipinski definition) is 1. The van der Waals surface area contributed by atoms with Crippen LogP contribution in [0.25, 0.3) is 0 Å². The molecule has 1 aromatic heterocycles. The van der Waals surface area contributed by atoms with Gasteiger partial charge in [0.15, 0.2) is 0 Å². The molecule has 1 aromatic carbocycles. The van der Waals surface area contributed by atoms with Crippen LogP contribution in [-0.4, -0.2) is 67.3 Å². The van der Waals surface area contributed by atoms with Crippen LogP contribution >= 0.6 is 0 Å². The van der Waals surface area contributed by atoms with Crippen molar-refractivity contribution in [2.24, 2.45) is 5.92 Å². The monoisotopic (exact) mass is 395 g/mol. The van der Waals surface area contributed by atoms with Crippen molar-refractivity contribution in [3.8, 4) is 0 Å². The molecule has 2 atom stereocenters. The van der Waals surface area contributed by atoms with Gasteiger partial charge in [-0.1, -0.05) is 0 Å². The van der Waals surface area contributed by atoms with Crippen LogP contribution in [-0.2, 0) is 15.9 Å². The topological polar surface area (TPSA) is 80.8 Å². The van der Waals surface area contributed by atoms with Crippen molar-refractivity contribution in [3.63, 3.8) is 0 Å². The number of hydrogen-bond acceptors (Lipinski definition) is 5. The van der Waals surface area contributed by atoms with Crippen LogP contribution in [0.5, 0.6) is 0 Å². The summed E-state index contributed by atoms with van der Waals surface area (Å²) in [5.41, 5.74) is 2.31. The Kier molecular flexibility index (Phi) is 6.17. The second kappa shape index (κ2) is 9.15. The first-order valence-corrected chi connectivity index (χ1v) is 9.95. The average Bonchev–Trinajstić information content (AvgIpc) is 3.21. The Bertz CT molecular complexity index is 835. The summed E-state index contributed by atoms with van der Waals surface area (Å²) < 4.78 is 10.9. The highest BCUT2D eigenvalue weighted by Crippen LogP contribution is 2.19. The van der Waals surface area contributed by atoms with Crippen LogP contribution in [0.4, 0.5) is 0 Å². The first kappa shape index (κ1) is 19.5. The van der Waals surface area contributed by atoms with Crippen molar-refractivity contribution < 1.29 is 19.1 Å². The predicted molar refractivity (Wildman–Crippen MR) is 107 cm³/mol. The number of nitrogens with one attached hydrogen (secondary N) is 1. The number of benzene rings is 1. The summed E-state index contributed by atoms with van der Waals surface area (Å²) in [7, 11) is 0. The predicted octanol–water partition coefficient (Wildman–Crippen LogP) is 1.54. The number of nitrogens with zero attached hydrogens (tertiary/aromatic N) is 2. The minimum atomic E-state index is -0.148. The van der Waals surface area contributed by atoms with E-state index < -0.39 is 0 Å². The van der Waals surface area contributed by atoms with Crippen molar-refractivity contribution in [2.45, 2.75) is 12.5 Å². The van der Waals surface area contributed by atoms with Crippen molar-refractivity contribution >= 4 is 11.8 Å². The maximum Gasteiger partial charge on any atom is 0.254 e. The molecule has 0 spiro atoms. The zero-order valence-electron chi connectivity index (χ0n) is 16.3. The van der Waals surface area contributed by atoms with Crippen LogP contribution in [0.15, 0.2) is 48.8 Å². The van der Waals surface area contributed by atoms with Crippen LogP contribution in [0, 0.1) is 5.92 Å². The Morgan fingerprint density at radius 3 is 2.38 bits per heavy atom. The number of carbonyl (C=O) groups is 2. The fraction of sp³-hybridized carbons (Fsp3) is 0.409. The second-order valence-corrected chi connectivity index (χ2v) is 7.42. The standard InChI is InChI=1S/C22H25N3O4/c26-21(24-20-15-29-14-19(20)13-16-5-7-23-8-6-16)17-1-3-18(4-2-17)22(27)25-9-11-28-12-10-25/h1-8,19-20H,9-15H2,(H,24,26). The van der Waals surface area contributed by atoms with Gasteiger partial charge in [-0.25, -0.2) is 0 Å². The SMILES string of the molecule is O=C(NC1COCC1Cc1ccncc1)c1ccc(C(=O)N2CCOCC2)cc1. The molecule has 29 heavy (non-hydrogen) atoms. The summed E-state index contributed by atoms with van der Waals surface area (Å²) in [6.45, 7) is 3.46. The summed E-state index contributed by atoms with van der Waals surface area (Å²) >= 11 is 0. The lowest BCUT2D eigenvalue weighted by Crippen LogP contribution is -2.41. The van der Waals surface area contributed by atoms with Crippen LogP contribution < -0.4 is 5.32 Å². The first-order chi connectivity index (χ1) is 14.2. The van der Waals surface area contributed by atoms with Gasteiger partial charge >= 0.3 is 0 Å². The first-order valence-electron chi connectivity index (χ1n) is 9.95. The zero-order valence-corrected chi connectivity index (χ0v) is 16.3. The van der Waals surface area contributed by atoms with Gasteiger partial charge in [-0.15, -0.1) is 0 Å². The molecule has 152 valence electrons. The molecule has 2 aliphatic heterocycles. The van der Waals surface area contributed by atoms with Gasteiger partial charge in [-0.05, 0) is 48.4 Å². The van der Waals surface area contributed by atoms with Crippen molar-refractivity contribution in [1.82, 2.24) is 15.2 Å². The molecule has 0 bridgehead atoms. The van der Waals surface area contributed by atoms with Gasteiger partial charge in [0.05, 0.1) is 32.5 Å². The van der Waals surface area contributed by atoms with Crippen molar-refractivity contribution in [1.29, 1.82) is 0 Å². The molecule has 2 aromatic rings. The molecule has 7 nitrogen and oxygen atoms in total. The molecule has 1 N–H and O–H groups in total. The third-order valence-corrected chi connectivity index (χ3v) is 5.45. The van der Waals surface area contributed by atoms with E-state index in [1.54, 1.807) is 41.6 Å². The zero-order chi connectivity index (χ0) is 20.1. The number of pyridine rings is 1. The third kappa shape index (κ3) is 4.81. The number of morpholine rings is 1. The summed E-state index contributed by atoms with van der Waals surface area (Å²) in [4.78, 5) is 31.0. The van der Waals surface area contributed by atoms with E-state index in [9.17, 15) is 9.59 Å². The number of aromatic nitrogens is 1. The summed E-state index contributed by atoms with van der Waals surface area (Å²) in [6.07, 6.45) is 4.39. The number of carbonyl (C=O) groups excluding carboxylic acids is 2. The highest BCUT2D eigenvalue weighted by molar-refractivity contribution is 5.98. The molecular formula is C22H25N3O4. The van der Waals surface area contributed by atoms with Gasteiger partial charge < -0.3 is 19.7 Å². The molecule has 0 radical (unpaired) electrons. The lowest BCUT2D eigenvalue weighted by atomic mass is 9.95. The van der Waals surface area contributed by atoms with E-state index in [1.807, 2.05) is 12.1 Å². The molecule has 2 amide bonds. The van der Waals surface area contributed by atoms with E-state index in [-0.39, 0.29) is 23.8 Å². The number of rotatable bonds is 5. The largest absolute Gasteiger partial charge is 0.379 e. The van der Waals surface area contributed by atoms with E-state index in [1.165, 1.54) is 5.56 Å². The Hall–Kier alpha value is -2.77. The Balaban J connectivity index is 1.36. The second-order valence-electron chi connectivity index (χ2n) is 7.42. The lowest BCUT2D eigenvalue weighted by molar-refractivity contribution is 0.0303. The fourth-order valence-electron chi connectivity index (χ4n) is 3.75. The summed E-state index contributed by atoms with van der Waals surface area (Å²) in [5.74, 6) is 0.0518. The van der Waals surface area contributed by atoms with Crippen LogP contribution in [0.1, 0.15) is 26.3 Å². The Morgan fingerprint density at radius 1 is 0.966 bits per heavy atom. The minimum absolute atomic E-state index is 0.0260. The van der Waals surface area contributed by atoms with E-state index in [4.69, 9.17) is 9.47 Å². The van der Waals surface area contributed by atoms with Gasteiger partial charge in [0, 0.05) is 42.5 Å². The Labute approximate surface area is 170 Å². The molecule has 3 heterocycles. The average molecular weight is 395 g/mol. The normalized spacial score (nSPS) is 21.7. The van der Waals surface area contributed by atoms with Gasteiger partial charge in [-0.2, -0.15) is 0 Å². The van der Waals surface area contributed by atoms with E-state index in [2.05, 4.69) is 10.3 Å². The number of ether oxygens (including phenoxy) is 2. The molecule has 0 saturated carbocycles. The maximum absolute atomic E-state index is 12.7. The highest BCUT2D eigenvalue weighted by Gasteiger charge is 2.30. The van der Waals surface area contributed by atoms with Gasteiger partial charge in [-0.3, -0.25) is 14.6 Å². The van der Waals surface area contributed by atoms with Crippen molar-refractivity contribution in [2.75, 3.05) is 39.5 Å². The summed E-state index contributed by atoms with van der Waals surface area (Å²) in [5, 5.41) is 3.09. The van der Waals surface area contributed by atoms with E-state index in [0.29, 0.717) is 50.6 Å². The van der Waals surface area contributed by atoms with Crippen molar-refractivity contribution in [3.05, 3.63) is 65.5 Å². The van der Waals surface area contributed by atoms with Gasteiger partial charge in [0.1, 0.15) is 0 Å². The minimum Gasteiger partial charge on any atom is -0.379 e. The Morgan fingerprint density at radius 2 is 1.66 bits per heavy atom. The number of amides is 2. The van der Waals surface area contributed by atoms with Crippen LogP contribution in [0.3, 0.4) is 0 Å². The molecule has 7 heteroatoms. The van der Waals surface area contributed by atoms with E-state index in [0.717, 1.165) is 6.42 Å². The van der Waals surface area contributed by atoms with Crippen LogP contribution in [0.2, 0.25) is 0 Å². The lowest BCUT2D eigenvalue weighted by Gasteiger charge is -2.26. The molecule has 0 aliphatic carbocycles. The summed E-state index contributed by atoms with van der Waals surface area (Å²) in [6, 6.07) is 10.8. The maximum atomic E-state index is 12.7. The quantitative estimate of drug-likeness (QED) is 0.831. The van der Waals surface area contributed by atoms with Gasteiger partial charge in [0.25, 0.3) is 11.8 Å². The molecule has 2 unspecified atom stereocenters. The van der Waals surface area contributed by atoms with E-state index >= 15 is 0 Å². The smallest absolute Gasteiger partial charge is 0.254 e. The van der Waals surface area contributed by atoms with Gasteiger partial charge in [0.2, 0.25) is 0 Å². The molecule has 4 rings (SSSR count).